The molecule has 172 valence electrons. The minimum Gasteiger partial charge on any atom is -0.410 e. The van der Waals surface area contributed by atoms with E-state index in [0.717, 1.165) is 18.4 Å². The minimum atomic E-state index is -1.85. The molecule has 4 heteroatoms. The average molecular weight is 467 g/mol. The SMILES string of the molecule is C=C1/C(=C\COP(c2ccccc2)c2ccccc2)C[C@@H](C)C[C@@H]1O[Si](C)(C)C(C)(C)C. The summed E-state index contributed by atoms with van der Waals surface area (Å²) < 4.78 is 13.3. The van der Waals surface area contributed by atoms with E-state index in [-0.39, 0.29) is 11.1 Å². The van der Waals surface area contributed by atoms with E-state index in [2.05, 4.69) is 114 Å². The Hall–Kier alpha value is -1.51. The molecule has 0 radical (unpaired) electrons. The van der Waals surface area contributed by atoms with Gasteiger partial charge in [0.05, 0.1) is 20.9 Å². The summed E-state index contributed by atoms with van der Waals surface area (Å²) in [6, 6.07) is 21.1. The van der Waals surface area contributed by atoms with Gasteiger partial charge in [-0.15, -0.1) is 0 Å². The first-order valence-electron chi connectivity index (χ1n) is 11.7. The van der Waals surface area contributed by atoms with Crippen LogP contribution in [0.25, 0.3) is 0 Å². The third-order valence-corrected chi connectivity index (χ3v) is 13.2. The van der Waals surface area contributed by atoms with Gasteiger partial charge in [0.2, 0.25) is 0 Å². The molecule has 3 rings (SSSR count). The third kappa shape index (κ3) is 6.29. The van der Waals surface area contributed by atoms with E-state index < -0.39 is 16.5 Å². The van der Waals surface area contributed by atoms with Gasteiger partial charge in [0.1, 0.15) is 0 Å². The third-order valence-electron chi connectivity index (χ3n) is 6.74. The Balaban J connectivity index is 1.74. The van der Waals surface area contributed by atoms with E-state index >= 15 is 0 Å². The van der Waals surface area contributed by atoms with Crippen molar-refractivity contribution in [2.24, 2.45) is 5.92 Å². The quantitative estimate of drug-likeness (QED) is 0.314. The van der Waals surface area contributed by atoms with Gasteiger partial charge >= 0.3 is 0 Å². The first-order valence-corrected chi connectivity index (χ1v) is 15.8. The lowest BCUT2D eigenvalue weighted by Crippen LogP contribution is -2.45. The number of benzene rings is 2. The van der Waals surface area contributed by atoms with Gasteiger partial charge in [0.15, 0.2) is 8.32 Å². The standard InChI is InChI=1S/C28H39O2PSi/c1-22-20-24(23(2)27(21-22)30-32(6,7)28(3,4)5)18-19-29-31(25-14-10-8-11-15-25)26-16-12-9-13-17-26/h8-18,22,27H,2,19-21H2,1,3-7H3/b24-18-/t22-,27+/m1/s1. The van der Waals surface area contributed by atoms with Crippen LogP contribution in [0.1, 0.15) is 40.5 Å². The van der Waals surface area contributed by atoms with Crippen LogP contribution in [0.2, 0.25) is 18.1 Å². The summed E-state index contributed by atoms with van der Waals surface area (Å²) in [5.74, 6) is 0.589. The highest BCUT2D eigenvalue weighted by atomic mass is 31.1. The fraction of sp³-hybridized carbons (Fsp3) is 0.429. The summed E-state index contributed by atoms with van der Waals surface area (Å²) in [5, 5.41) is 2.67. The van der Waals surface area contributed by atoms with Crippen molar-refractivity contribution in [3.8, 4) is 0 Å². The Morgan fingerprint density at radius 1 is 1.00 bits per heavy atom. The second-order valence-corrected chi connectivity index (χ2v) is 17.1. The molecule has 2 atom stereocenters. The van der Waals surface area contributed by atoms with Crippen molar-refractivity contribution in [1.82, 2.24) is 0 Å². The van der Waals surface area contributed by atoms with Crippen LogP contribution in [0.5, 0.6) is 0 Å². The summed E-state index contributed by atoms with van der Waals surface area (Å²) in [6.45, 7) is 18.9. The van der Waals surface area contributed by atoms with Gasteiger partial charge in [-0.2, -0.15) is 0 Å². The molecule has 32 heavy (non-hydrogen) atoms. The van der Waals surface area contributed by atoms with Crippen LogP contribution < -0.4 is 10.6 Å². The molecule has 0 spiro atoms. The predicted octanol–water partition coefficient (Wildman–Crippen LogP) is 7.35. The highest BCUT2D eigenvalue weighted by Crippen LogP contribution is 2.42. The monoisotopic (exact) mass is 466 g/mol. The van der Waals surface area contributed by atoms with E-state index in [1.54, 1.807) is 0 Å². The Morgan fingerprint density at radius 2 is 1.53 bits per heavy atom. The molecule has 2 nitrogen and oxygen atoms in total. The molecule has 0 aliphatic heterocycles. The average Bonchev–Trinajstić information content (AvgIpc) is 2.74. The zero-order chi connectivity index (χ0) is 23.4. The Morgan fingerprint density at radius 3 is 2.03 bits per heavy atom. The molecular formula is C28H39O2PSi. The van der Waals surface area contributed by atoms with Gasteiger partial charge in [-0.3, -0.25) is 0 Å². The fourth-order valence-corrected chi connectivity index (χ4v) is 6.82. The lowest BCUT2D eigenvalue weighted by molar-refractivity contribution is 0.174. The van der Waals surface area contributed by atoms with Gasteiger partial charge in [0, 0.05) is 10.6 Å². The Bertz CT molecular complexity index is 876. The van der Waals surface area contributed by atoms with E-state index in [1.165, 1.54) is 16.2 Å². The van der Waals surface area contributed by atoms with Crippen molar-refractivity contribution in [2.45, 2.75) is 64.8 Å². The molecule has 0 unspecified atom stereocenters. The Kier molecular flexibility index (Phi) is 8.33. The number of hydrogen-bond donors (Lipinski definition) is 0. The molecule has 2 aromatic carbocycles. The van der Waals surface area contributed by atoms with Crippen molar-refractivity contribution in [1.29, 1.82) is 0 Å². The molecule has 0 N–H and O–H groups in total. The zero-order valence-corrected chi connectivity index (χ0v) is 22.5. The molecule has 0 saturated heterocycles. The highest BCUT2D eigenvalue weighted by Gasteiger charge is 2.41. The molecule has 1 saturated carbocycles. The van der Waals surface area contributed by atoms with Crippen LogP contribution in [-0.2, 0) is 8.95 Å². The summed E-state index contributed by atoms with van der Waals surface area (Å²) >= 11 is 0. The second kappa shape index (κ2) is 10.6. The second-order valence-electron chi connectivity index (χ2n) is 10.4. The molecule has 2 aromatic rings. The largest absolute Gasteiger partial charge is 0.410 e. The summed E-state index contributed by atoms with van der Waals surface area (Å²) in [7, 11) is -2.70. The molecule has 0 heterocycles. The first-order chi connectivity index (χ1) is 15.1. The molecule has 1 fully saturated rings. The normalized spacial score (nSPS) is 21.3. The van der Waals surface area contributed by atoms with E-state index in [1.807, 2.05) is 0 Å². The maximum atomic E-state index is 6.78. The van der Waals surface area contributed by atoms with Crippen molar-refractivity contribution in [3.63, 3.8) is 0 Å². The van der Waals surface area contributed by atoms with E-state index in [0.29, 0.717) is 12.5 Å². The molecule has 1 aliphatic rings. The van der Waals surface area contributed by atoms with Crippen LogP contribution in [0.15, 0.2) is 84.5 Å². The van der Waals surface area contributed by atoms with E-state index in [4.69, 9.17) is 8.95 Å². The number of rotatable bonds is 7. The first kappa shape index (κ1) is 25.1. The van der Waals surface area contributed by atoms with Gasteiger partial charge in [0.25, 0.3) is 0 Å². The summed E-state index contributed by atoms with van der Waals surface area (Å²) in [6.07, 6.45) is 4.48. The molecule has 1 aliphatic carbocycles. The van der Waals surface area contributed by atoms with Crippen LogP contribution in [-0.4, -0.2) is 21.0 Å². The van der Waals surface area contributed by atoms with Crippen molar-refractivity contribution in [2.75, 3.05) is 6.61 Å². The molecule has 0 aromatic heterocycles. The zero-order valence-electron chi connectivity index (χ0n) is 20.6. The van der Waals surface area contributed by atoms with Crippen molar-refractivity contribution >= 4 is 27.1 Å². The Labute approximate surface area is 197 Å². The minimum absolute atomic E-state index is 0.121. The topological polar surface area (TPSA) is 18.5 Å². The maximum absolute atomic E-state index is 6.78. The van der Waals surface area contributed by atoms with Crippen molar-refractivity contribution in [3.05, 3.63) is 84.5 Å². The van der Waals surface area contributed by atoms with Crippen LogP contribution in [0.3, 0.4) is 0 Å². The smallest absolute Gasteiger partial charge is 0.192 e. The van der Waals surface area contributed by atoms with Gasteiger partial charge in [-0.1, -0.05) is 101 Å². The van der Waals surface area contributed by atoms with Crippen molar-refractivity contribution < 1.29 is 8.95 Å². The summed E-state index contributed by atoms with van der Waals surface area (Å²) in [4.78, 5) is 0. The lowest BCUT2D eigenvalue weighted by atomic mass is 9.81. The highest BCUT2D eigenvalue weighted by molar-refractivity contribution is 7.68. The van der Waals surface area contributed by atoms with Crippen LogP contribution in [0, 0.1) is 5.92 Å². The van der Waals surface area contributed by atoms with Crippen LogP contribution in [0.4, 0.5) is 0 Å². The molecule has 0 bridgehead atoms. The lowest BCUT2D eigenvalue weighted by Gasteiger charge is -2.42. The van der Waals surface area contributed by atoms with Gasteiger partial charge in [-0.05, 0) is 48.0 Å². The van der Waals surface area contributed by atoms with Crippen LogP contribution >= 0.6 is 8.15 Å². The number of hydrogen-bond acceptors (Lipinski definition) is 2. The van der Waals surface area contributed by atoms with Gasteiger partial charge < -0.3 is 8.95 Å². The maximum Gasteiger partial charge on any atom is 0.192 e. The molecule has 0 amide bonds. The molecular weight excluding hydrogens is 427 g/mol. The predicted molar refractivity (Wildman–Crippen MR) is 143 cm³/mol. The fourth-order valence-electron chi connectivity index (χ4n) is 3.81. The van der Waals surface area contributed by atoms with Gasteiger partial charge in [-0.25, -0.2) is 0 Å². The summed E-state index contributed by atoms with van der Waals surface area (Å²) in [5.41, 5.74) is 2.46. The van der Waals surface area contributed by atoms with E-state index in [9.17, 15) is 0 Å².